The fourth-order valence-corrected chi connectivity index (χ4v) is 3.39. The second kappa shape index (κ2) is 6.39. The number of nitrogens with two attached hydrogens (primary N) is 1. The van der Waals surface area contributed by atoms with E-state index in [2.05, 4.69) is 0 Å². The van der Waals surface area contributed by atoms with E-state index < -0.39 is 0 Å². The van der Waals surface area contributed by atoms with E-state index in [1.54, 1.807) is 0 Å². The van der Waals surface area contributed by atoms with Crippen LogP contribution in [0.4, 0.5) is 0 Å². The maximum atomic E-state index is 12.6. The highest BCUT2D eigenvalue weighted by Crippen LogP contribution is 2.21. The average Bonchev–Trinajstić information content (AvgIpc) is 2.37. The molecule has 0 spiro atoms. The van der Waals surface area contributed by atoms with E-state index in [9.17, 15) is 9.59 Å². The SMILES string of the molecule is Cc1cc(C)c(C(=O)CN2CCCCC2C(N)=O)c(C)c1. The Morgan fingerprint density at radius 2 is 1.81 bits per heavy atom. The normalized spacial score (nSPS) is 19.5. The molecule has 0 saturated carbocycles. The Hall–Kier alpha value is -1.68. The van der Waals surface area contributed by atoms with Crippen molar-refractivity contribution < 1.29 is 9.59 Å². The summed E-state index contributed by atoms with van der Waals surface area (Å²) in [6, 6.07) is 3.76. The smallest absolute Gasteiger partial charge is 0.234 e. The summed E-state index contributed by atoms with van der Waals surface area (Å²) < 4.78 is 0. The van der Waals surface area contributed by atoms with Crippen molar-refractivity contribution in [1.29, 1.82) is 0 Å². The molecule has 114 valence electrons. The summed E-state index contributed by atoms with van der Waals surface area (Å²) >= 11 is 0. The van der Waals surface area contributed by atoms with Crippen LogP contribution in [0.5, 0.6) is 0 Å². The van der Waals surface area contributed by atoms with Gasteiger partial charge in [0.1, 0.15) is 0 Å². The average molecular weight is 288 g/mol. The van der Waals surface area contributed by atoms with Crippen LogP contribution in [0.25, 0.3) is 0 Å². The molecule has 1 amide bonds. The van der Waals surface area contributed by atoms with E-state index in [1.165, 1.54) is 0 Å². The zero-order valence-electron chi connectivity index (χ0n) is 13.1. The highest BCUT2D eigenvalue weighted by molar-refractivity contribution is 6.00. The van der Waals surface area contributed by atoms with Gasteiger partial charge in [0.05, 0.1) is 12.6 Å². The van der Waals surface area contributed by atoms with Crippen molar-refractivity contribution >= 4 is 11.7 Å². The van der Waals surface area contributed by atoms with Crippen molar-refractivity contribution in [3.05, 3.63) is 34.4 Å². The zero-order valence-corrected chi connectivity index (χ0v) is 13.1. The number of amides is 1. The number of likely N-dealkylation sites (tertiary alicyclic amines) is 1. The molecule has 1 atom stereocenters. The predicted octanol–water partition coefficient (Wildman–Crippen LogP) is 2.13. The Balaban J connectivity index is 2.19. The molecule has 21 heavy (non-hydrogen) atoms. The molecule has 1 aliphatic heterocycles. The minimum atomic E-state index is -0.320. The maximum absolute atomic E-state index is 12.6. The molecule has 2 N–H and O–H groups in total. The molecular formula is C17H24N2O2. The van der Waals surface area contributed by atoms with E-state index in [4.69, 9.17) is 5.73 Å². The van der Waals surface area contributed by atoms with Gasteiger partial charge in [0, 0.05) is 5.56 Å². The Morgan fingerprint density at radius 1 is 1.19 bits per heavy atom. The zero-order chi connectivity index (χ0) is 15.6. The van der Waals surface area contributed by atoms with Crippen molar-refractivity contribution in [3.63, 3.8) is 0 Å². The van der Waals surface area contributed by atoms with Crippen molar-refractivity contribution in [2.24, 2.45) is 5.73 Å². The molecule has 1 fully saturated rings. The second-order valence-corrected chi connectivity index (χ2v) is 6.08. The van der Waals surface area contributed by atoms with E-state index in [0.717, 1.165) is 48.1 Å². The number of rotatable bonds is 4. The number of aryl methyl sites for hydroxylation is 3. The van der Waals surface area contributed by atoms with E-state index in [0.29, 0.717) is 0 Å². The molecular weight excluding hydrogens is 264 g/mol. The highest BCUT2D eigenvalue weighted by Gasteiger charge is 2.29. The standard InChI is InChI=1S/C17H24N2O2/c1-11-8-12(2)16(13(3)9-11)15(20)10-19-7-5-4-6-14(19)17(18)21/h8-9,14H,4-7,10H2,1-3H3,(H2,18,21). The van der Waals surface area contributed by atoms with Crippen LogP contribution < -0.4 is 5.73 Å². The lowest BCUT2D eigenvalue weighted by molar-refractivity contribution is -0.124. The molecule has 1 heterocycles. The lowest BCUT2D eigenvalue weighted by Crippen LogP contribution is -2.49. The number of piperidine rings is 1. The van der Waals surface area contributed by atoms with E-state index in [1.807, 2.05) is 37.8 Å². The summed E-state index contributed by atoms with van der Waals surface area (Å²) in [5.41, 5.74) is 9.42. The van der Waals surface area contributed by atoms with Gasteiger partial charge in [-0.3, -0.25) is 14.5 Å². The van der Waals surface area contributed by atoms with Crippen molar-refractivity contribution in [2.45, 2.75) is 46.1 Å². The third-order valence-electron chi connectivity index (χ3n) is 4.24. The molecule has 0 radical (unpaired) electrons. The fraction of sp³-hybridized carbons (Fsp3) is 0.529. The van der Waals surface area contributed by atoms with E-state index >= 15 is 0 Å². The molecule has 0 bridgehead atoms. The molecule has 1 unspecified atom stereocenters. The molecule has 1 aliphatic rings. The summed E-state index contributed by atoms with van der Waals surface area (Å²) in [6.07, 6.45) is 2.78. The monoisotopic (exact) mass is 288 g/mol. The Labute approximate surface area is 126 Å². The number of hydrogen-bond acceptors (Lipinski definition) is 3. The van der Waals surface area contributed by atoms with Crippen molar-refractivity contribution in [3.8, 4) is 0 Å². The molecule has 4 nitrogen and oxygen atoms in total. The van der Waals surface area contributed by atoms with Gasteiger partial charge in [-0.15, -0.1) is 0 Å². The summed E-state index contributed by atoms with van der Waals surface area (Å²) in [5, 5.41) is 0. The lowest BCUT2D eigenvalue weighted by Gasteiger charge is -2.33. The number of ketones is 1. The third-order valence-corrected chi connectivity index (χ3v) is 4.24. The predicted molar refractivity (Wildman–Crippen MR) is 83.4 cm³/mol. The first-order chi connectivity index (χ1) is 9.90. The summed E-state index contributed by atoms with van der Waals surface area (Å²) in [7, 11) is 0. The van der Waals surface area contributed by atoms with Gasteiger partial charge in [0.2, 0.25) is 5.91 Å². The number of Topliss-reactive ketones (excluding diaryl/α,β-unsaturated/α-hetero) is 1. The van der Waals surface area contributed by atoms with Crippen molar-refractivity contribution in [2.75, 3.05) is 13.1 Å². The first kappa shape index (κ1) is 15.7. The first-order valence-corrected chi connectivity index (χ1v) is 7.54. The topological polar surface area (TPSA) is 63.4 Å². The quantitative estimate of drug-likeness (QED) is 0.863. The van der Waals surface area contributed by atoms with E-state index in [-0.39, 0.29) is 24.3 Å². The van der Waals surface area contributed by atoms with Crippen LogP contribution in [0, 0.1) is 20.8 Å². The molecule has 0 aromatic heterocycles. The van der Waals surface area contributed by atoms with Crippen LogP contribution in [0.1, 0.15) is 46.3 Å². The van der Waals surface area contributed by atoms with Gasteiger partial charge in [-0.25, -0.2) is 0 Å². The van der Waals surface area contributed by atoms with Gasteiger partial charge < -0.3 is 5.73 Å². The molecule has 1 saturated heterocycles. The number of benzene rings is 1. The molecule has 2 rings (SSSR count). The van der Waals surface area contributed by atoms with Crippen molar-refractivity contribution in [1.82, 2.24) is 4.90 Å². The minimum absolute atomic E-state index is 0.0816. The summed E-state index contributed by atoms with van der Waals surface area (Å²) in [6.45, 7) is 7.01. The molecule has 1 aromatic carbocycles. The maximum Gasteiger partial charge on any atom is 0.234 e. The number of hydrogen-bond donors (Lipinski definition) is 1. The summed E-state index contributed by atoms with van der Waals surface area (Å²) in [5.74, 6) is -0.238. The summed E-state index contributed by atoms with van der Waals surface area (Å²) in [4.78, 5) is 26.1. The highest BCUT2D eigenvalue weighted by atomic mass is 16.1. The van der Waals surface area contributed by atoms with Gasteiger partial charge >= 0.3 is 0 Å². The molecule has 0 aliphatic carbocycles. The van der Waals surface area contributed by atoms with Gasteiger partial charge in [-0.05, 0) is 51.3 Å². The molecule has 4 heteroatoms. The Kier molecular flexibility index (Phi) is 4.78. The third kappa shape index (κ3) is 3.50. The number of carbonyl (C=O) groups excluding carboxylic acids is 2. The largest absolute Gasteiger partial charge is 0.368 e. The molecule has 1 aromatic rings. The minimum Gasteiger partial charge on any atom is -0.368 e. The van der Waals surface area contributed by atoms with Gasteiger partial charge in [0.25, 0.3) is 0 Å². The second-order valence-electron chi connectivity index (χ2n) is 6.08. The number of nitrogens with zero attached hydrogens (tertiary/aromatic N) is 1. The van der Waals surface area contributed by atoms with Gasteiger partial charge in [-0.2, -0.15) is 0 Å². The number of primary amides is 1. The van der Waals surface area contributed by atoms with Crippen LogP contribution in [0.3, 0.4) is 0 Å². The number of carbonyl (C=O) groups is 2. The fourth-order valence-electron chi connectivity index (χ4n) is 3.39. The van der Waals surface area contributed by atoms with Crippen LogP contribution in [0.15, 0.2) is 12.1 Å². The van der Waals surface area contributed by atoms with Gasteiger partial charge in [-0.1, -0.05) is 24.1 Å². The Morgan fingerprint density at radius 3 is 2.38 bits per heavy atom. The Bertz CT molecular complexity index is 543. The first-order valence-electron chi connectivity index (χ1n) is 7.54. The van der Waals surface area contributed by atoms with Crippen LogP contribution in [-0.4, -0.2) is 35.7 Å². The van der Waals surface area contributed by atoms with Gasteiger partial charge in [0.15, 0.2) is 5.78 Å². The lowest BCUT2D eigenvalue weighted by atomic mass is 9.95. The van der Waals surface area contributed by atoms with Crippen LogP contribution in [-0.2, 0) is 4.79 Å². The van der Waals surface area contributed by atoms with Crippen LogP contribution >= 0.6 is 0 Å². The van der Waals surface area contributed by atoms with Crippen LogP contribution in [0.2, 0.25) is 0 Å².